The average molecular weight is 1360 g/mol. The minimum atomic E-state index is -2.11. The molecule has 1 heterocycles. The van der Waals surface area contributed by atoms with E-state index in [4.69, 9.17) is 15.9 Å². The average Bonchev–Trinajstić information content (AvgIpc) is 0.816. The zero-order valence-corrected chi connectivity index (χ0v) is 58.4. The van der Waals surface area contributed by atoms with Crippen LogP contribution in [0.15, 0.2) is 30.3 Å². The Hall–Kier alpha value is -8.23. The fourth-order valence-corrected chi connectivity index (χ4v) is 9.95. The summed E-state index contributed by atoms with van der Waals surface area (Å²) < 4.78 is 5.48. The number of alkyl carbamates (subject to hydrolysis) is 1. The molecule has 0 aromatic heterocycles. The fourth-order valence-electron chi connectivity index (χ4n) is 9.95. The van der Waals surface area contributed by atoms with Crippen LogP contribution in [0.3, 0.4) is 0 Å². The number of amides is 12. The number of rotatable bonds is 21. The van der Waals surface area contributed by atoms with E-state index in [1.54, 1.807) is 75.3 Å². The Labute approximate surface area is 562 Å². The molecule has 12 amide bonds. The maximum Gasteiger partial charge on any atom is 0.408 e. The molecule has 0 aliphatic carbocycles. The summed E-state index contributed by atoms with van der Waals surface area (Å²) in [6.07, 6.45) is -4.47. The molecule has 32 heteroatoms. The highest BCUT2D eigenvalue weighted by molar-refractivity contribution is 6.00. The van der Waals surface area contributed by atoms with Crippen LogP contribution in [0.2, 0.25) is 0 Å². The molecule has 0 spiro atoms. The van der Waals surface area contributed by atoms with Crippen LogP contribution in [0.1, 0.15) is 161 Å². The van der Waals surface area contributed by atoms with Gasteiger partial charge in [-0.2, -0.15) is 0 Å². The van der Waals surface area contributed by atoms with E-state index in [0.717, 1.165) is 6.92 Å². The highest BCUT2D eigenvalue weighted by Gasteiger charge is 2.43. The molecule has 1 aromatic rings. The monoisotopic (exact) mass is 1360 g/mol. The number of aliphatic hydroxyl groups is 4. The van der Waals surface area contributed by atoms with Crippen LogP contribution in [-0.4, -0.2) is 202 Å². The number of guanidine groups is 1. The van der Waals surface area contributed by atoms with Gasteiger partial charge in [0.05, 0.1) is 38.0 Å². The largest absolute Gasteiger partial charge is 0.444 e. The second kappa shape index (κ2) is 38.5. The van der Waals surface area contributed by atoms with Gasteiger partial charge >= 0.3 is 6.09 Å². The van der Waals surface area contributed by atoms with E-state index in [2.05, 4.69) is 69.1 Å². The van der Waals surface area contributed by atoms with Crippen LogP contribution in [0, 0.1) is 34.0 Å². The van der Waals surface area contributed by atoms with Crippen molar-refractivity contribution in [3.8, 4) is 0 Å². The normalized spacial score (nSPS) is 23.9. The lowest BCUT2D eigenvalue weighted by Gasteiger charge is -2.35. The fraction of sp³-hybridized carbons (Fsp3) is 0.703. The lowest BCUT2D eigenvalue weighted by atomic mass is 9.86. The SMILES string of the molecule is CCC(C)[C@@H]1NC(=O)[C@@H](CCCNC(=N)N)NC(=O)[C@H](CC(C)C)NC(=O)[C@H]([C@H](O)C(C)C)NC(=O)[C@@H](NC(=O)[C@H](CC(C)(C)C)NC(=O)[C@@H](CC(C)(C)C)NC(=O)OC(C)(C)C)[C@@H](c2ccccc2)NC(=O)C(CO)NC(=O)[C@H](CO)NC(=O)CNC(=O)[C@H]([C@H](C)O)NC1=O. The van der Waals surface area contributed by atoms with E-state index >= 15 is 14.4 Å². The van der Waals surface area contributed by atoms with Gasteiger partial charge in [0, 0.05) is 6.54 Å². The van der Waals surface area contributed by atoms with Gasteiger partial charge in [-0.3, -0.25) is 58.1 Å². The molecule has 1 fully saturated rings. The lowest BCUT2D eigenvalue weighted by Crippen LogP contribution is -2.65. The van der Waals surface area contributed by atoms with Gasteiger partial charge < -0.3 is 100 Å². The van der Waals surface area contributed by atoms with E-state index in [1.807, 2.05) is 20.8 Å². The molecule has 542 valence electrons. The van der Waals surface area contributed by atoms with Crippen LogP contribution in [0.4, 0.5) is 4.79 Å². The first-order valence-electron chi connectivity index (χ1n) is 32.4. The number of hydrogen-bond donors (Lipinski definition) is 19. The molecule has 32 nitrogen and oxygen atoms in total. The number of carbonyl (C=O) groups excluding carboxylic acids is 12. The third kappa shape index (κ3) is 29.4. The Morgan fingerprint density at radius 3 is 1.61 bits per heavy atom. The predicted molar refractivity (Wildman–Crippen MR) is 354 cm³/mol. The lowest BCUT2D eigenvalue weighted by molar-refractivity contribution is -0.139. The molecule has 96 heavy (non-hydrogen) atoms. The molecular formula is C64H109N15O17. The van der Waals surface area contributed by atoms with Crippen LogP contribution in [0.25, 0.3) is 0 Å². The highest BCUT2D eigenvalue weighted by atomic mass is 16.6. The first-order chi connectivity index (χ1) is 44.4. The van der Waals surface area contributed by atoms with E-state index in [-0.39, 0.29) is 56.6 Å². The van der Waals surface area contributed by atoms with Crippen molar-refractivity contribution in [3.63, 3.8) is 0 Å². The summed E-state index contributed by atoms with van der Waals surface area (Å²) in [5.41, 5.74) is 3.21. The molecule has 2 rings (SSSR count). The van der Waals surface area contributed by atoms with Crippen LogP contribution < -0.4 is 74.9 Å². The van der Waals surface area contributed by atoms with Gasteiger partial charge in [0.15, 0.2) is 5.96 Å². The minimum Gasteiger partial charge on any atom is -0.444 e. The summed E-state index contributed by atoms with van der Waals surface area (Å²) in [6, 6.07) is -11.5. The summed E-state index contributed by atoms with van der Waals surface area (Å²) in [5.74, 6) is -14.3. The van der Waals surface area contributed by atoms with Crippen molar-refractivity contribution in [3.05, 3.63) is 35.9 Å². The molecule has 1 aliphatic heterocycles. The maximum absolute atomic E-state index is 15.6. The van der Waals surface area contributed by atoms with E-state index < -0.39 is 204 Å². The van der Waals surface area contributed by atoms with Crippen LogP contribution in [0.5, 0.6) is 0 Å². The zero-order chi connectivity index (χ0) is 73.3. The molecule has 14 atom stereocenters. The Morgan fingerprint density at radius 1 is 0.615 bits per heavy atom. The molecule has 0 saturated carbocycles. The highest BCUT2D eigenvalue weighted by Crippen LogP contribution is 2.26. The number of nitrogens with one attached hydrogen (secondary N) is 14. The Balaban J connectivity index is 3.14. The van der Waals surface area contributed by atoms with Crippen LogP contribution in [-0.2, 0) is 57.5 Å². The summed E-state index contributed by atoms with van der Waals surface area (Å²) in [7, 11) is 0. The third-order valence-electron chi connectivity index (χ3n) is 15.1. The Bertz CT molecular complexity index is 2820. The molecular weight excluding hydrogens is 1250 g/mol. The summed E-state index contributed by atoms with van der Waals surface area (Å²) in [6.45, 7) is 23.2. The standard InChI is InChI=1S/C64H109N15O17/c1-17-34(6)44-57(92)76-45(35(7)82)56(91)68-29-43(83)69-41(30-80)54(89)73-42(31-81)55(90)77-46(36-22-19-18-20-23-36)47(78-53(88)39(27-62(8,9)10)72-52(87)40(28-63(11,12)13)74-61(95)96-64(14,15)16)58(93)79-48(49(84)33(4)5)59(94)71-38(26-32(2)3)51(86)70-37(50(85)75-44)24-21-25-67-60(65)66/h18-20,22-23,32-35,37-42,44-49,80-82,84H,17,21,24-31H2,1-16H3,(H,68,91)(H,69,83)(H,70,86)(H,71,94)(H,72,87)(H,73,89)(H,74,95)(H,75,85)(H,76,92)(H,77,90)(H,78,88)(H,79,93)(H4,65,66,67)/t34?,35-,37+,38-,39-,40+,41-,42?,44-,45-,46+,47-,48-,49+/m0/s1. The van der Waals surface area contributed by atoms with Crippen molar-refractivity contribution in [2.75, 3.05) is 26.3 Å². The van der Waals surface area contributed by atoms with E-state index in [9.17, 15) is 63.6 Å². The Morgan fingerprint density at radius 2 is 1.10 bits per heavy atom. The molecule has 1 saturated heterocycles. The number of ether oxygens (including phenoxy) is 1. The van der Waals surface area contributed by atoms with E-state index in [0.29, 0.717) is 0 Å². The second-order valence-corrected chi connectivity index (χ2v) is 28.5. The van der Waals surface area contributed by atoms with E-state index in [1.165, 1.54) is 38.1 Å². The van der Waals surface area contributed by atoms with Gasteiger partial charge in [0.1, 0.15) is 66.0 Å². The molecule has 0 bridgehead atoms. The van der Waals surface area contributed by atoms with Gasteiger partial charge in [-0.15, -0.1) is 0 Å². The number of benzene rings is 1. The van der Waals surface area contributed by atoms with Gasteiger partial charge in [-0.1, -0.05) is 120 Å². The molecule has 1 aromatic carbocycles. The quantitative estimate of drug-likeness (QED) is 0.0354. The van der Waals surface area contributed by atoms with Gasteiger partial charge in [0.2, 0.25) is 65.0 Å². The number of hydrogen-bond acceptors (Lipinski definition) is 18. The molecule has 1 aliphatic rings. The van der Waals surface area contributed by atoms with Crippen molar-refractivity contribution in [1.82, 2.24) is 69.1 Å². The second-order valence-electron chi connectivity index (χ2n) is 28.5. The summed E-state index contributed by atoms with van der Waals surface area (Å²) >= 11 is 0. The van der Waals surface area contributed by atoms with Crippen molar-refractivity contribution >= 4 is 77.0 Å². The van der Waals surface area contributed by atoms with Crippen molar-refractivity contribution in [2.24, 2.45) is 34.3 Å². The smallest absolute Gasteiger partial charge is 0.408 e. The van der Waals surface area contributed by atoms with Gasteiger partial charge in [-0.05, 0) is 93.9 Å². The first-order valence-corrected chi connectivity index (χ1v) is 32.4. The minimum absolute atomic E-state index is 0.0251. The molecule has 2 unspecified atom stereocenters. The number of nitrogens with two attached hydrogens (primary N) is 1. The number of aliphatic hydroxyl groups excluding tert-OH is 4. The van der Waals surface area contributed by atoms with Gasteiger partial charge in [-0.25, -0.2) is 4.79 Å². The first kappa shape index (κ1) is 83.9. The van der Waals surface area contributed by atoms with Crippen molar-refractivity contribution in [1.29, 1.82) is 5.41 Å². The predicted octanol–water partition coefficient (Wildman–Crippen LogP) is -2.16. The Kier molecular flexibility index (Phi) is 33.6. The van der Waals surface area contributed by atoms with Crippen molar-refractivity contribution in [2.45, 2.75) is 234 Å². The zero-order valence-electron chi connectivity index (χ0n) is 58.4. The summed E-state index contributed by atoms with van der Waals surface area (Å²) in [4.78, 5) is 173. The van der Waals surface area contributed by atoms with Gasteiger partial charge in [0.25, 0.3) is 0 Å². The molecule has 0 radical (unpaired) electrons. The maximum atomic E-state index is 15.6. The number of carbonyl (C=O) groups is 12. The van der Waals surface area contributed by atoms with Crippen LogP contribution >= 0.6 is 0 Å². The topological polar surface area (TPSA) is 501 Å². The molecule has 20 N–H and O–H groups in total. The third-order valence-corrected chi connectivity index (χ3v) is 15.1. The van der Waals surface area contributed by atoms with Crippen molar-refractivity contribution < 1.29 is 82.7 Å². The summed E-state index contributed by atoms with van der Waals surface area (Å²) in [5, 5.41) is 84.1.